The van der Waals surface area contributed by atoms with Gasteiger partial charge in [-0.15, -0.1) is 0 Å². The van der Waals surface area contributed by atoms with Gasteiger partial charge in [0.15, 0.2) is 5.76 Å². The quantitative estimate of drug-likeness (QED) is 0.750. The van der Waals surface area contributed by atoms with Crippen LogP contribution in [0.3, 0.4) is 0 Å². The molecule has 1 aromatic carbocycles. The minimum atomic E-state index is 0.592. The lowest BCUT2D eigenvalue weighted by molar-refractivity contribution is 0.384. The zero-order valence-corrected chi connectivity index (χ0v) is 8.53. The maximum absolute atomic E-state index is 5.78. The van der Waals surface area contributed by atoms with Crippen LogP contribution in [0.15, 0.2) is 34.9 Å². The summed E-state index contributed by atoms with van der Waals surface area (Å²) in [6.07, 6.45) is 0. The van der Waals surface area contributed by atoms with Crippen LogP contribution >= 0.6 is 0 Å². The molecule has 78 valence electrons. The molecule has 0 aliphatic rings. The first-order valence-electron chi connectivity index (χ1n) is 4.76. The van der Waals surface area contributed by atoms with E-state index in [2.05, 4.69) is 10.5 Å². The molecule has 0 aliphatic carbocycles. The summed E-state index contributed by atoms with van der Waals surface area (Å²) >= 11 is 0. The van der Waals surface area contributed by atoms with Crippen LogP contribution in [0.2, 0.25) is 0 Å². The summed E-state index contributed by atoms with van der Waals surface area (Å²) in [6.45, 7) is 2.49. The van der Waals surface area contributed by atoms with E-state index in [0.717, 1.165) is 22.8 Å². The second-order valence-electron chi connectivity index (χ2n) is 3.38. The average Bonchev–Trinajstić information content (AvgIpc) is 2.63. The highest BCUT2D eigenvalue weighted by Gasteiger charge is 2.01. The Morgan fingerprint density at radius 2 is 2.20 bits per heavy atom. The number of nitrogens with two attached hydrogens (primary N) is 1. The van der Waals surface area contributed by atoms with Crippen LogP contribution in [0.25, 0.3) is 0 Å². The highest BCUT2D eigenvalue weighted by Crippen LogP contribution is 2.17. The zero-order valence-electron chi connectivity index (χ0n) is 8.53. The van der Waals surface area contributed by atoms with Gasteiger partial charge in [0.25, 0.3) is 0 Å². The molecular formula is C11H13N3O. The Bertz CT molecular complexity index is 451. The maximum atomic E-state index is 5.78. The molecular weight excluding hydrogens is 190 g/mol. The highest BCUT2D eigenvalue weighted by molar-refractivity contribution is 5.65. The van der Waals surface area contributed by atoms with Gasteiger partial charge in [0, 0.05) is 6.07 Å². The SMILES string of the molecule is Cc1cc(CNc2ccccc2N)on1. The van der Waals surface area contributed by atoms with Gasteiger partial charge in [0.2, 0.25) is 0 Å². The summed E-state index contributed by atoms with van der Waals surface area (Å²) < 4.78 is 5.07. The fourth-order valence-corrected chi connectivity index (χ4v) is 1.34. The molecule has 15 heavy (non-hydrogen) atoms. The number of hydrogen-bond donors (Lipinski definition) is 2. The molecule has 0 aliphatic heterocycles. The van der Waals surface area contributed by atoms with Crippen LogP contribution in [0, 0.1) is 6.92 Å². The normalized spacial score (nSPS) is 10.2. The zero-order chi connectivity index (χ0) is 10.7. The van der Waals surface area contributed by atoms with Crippen molar-refractivity contribution in [2.24, 2.45) is 0 Å². The van der Waals surface area contributed by atoms with Crippen molar-refractivity contribution in [1.29, 1.82) is 0 Å². The van der Waals surface area contributed by atoms with Gasteiger partial charge in [-0.3, -0.25) is 0 Å². The van der Waals surface area contributed by atoms with Crippen LogP contribution in [0.1, 0.15) is 11.5 Å². The van der Waals surface area contributed by atoms with Crippen molar-refractivity contribution in [2.45, 2.75) is 13.5 Å². The van der Waals surface area contributed by atoms with Crippen LogP contribution in [0.4, 0.5) is 11.4 Å². The number of aryl methyl sites for hydroxylation is 1. The first-order chi connectivity index (χ1) is 7.25. The van der Waals surface area contributed by atoms with Gasteiger partial charge in [-0.25, -0.2) is 0 Å². The summed E-state index contributed by atoms with van der Waals surface area (Å²) in [5, 5.41) is 6.99. The van der Waals surface area contributed by atoms with E-state index in [1.54, 1.807) is 0 Å². The molecule has 1 heterocycles. The Morgan fingerprint density at radius 1 is 1.40 bits per heavy atom. The molecule has 0 atom stereocenters. The van der Waals surface area contributed by atoms with Crippen molar-refractivity contribution in [3.8, 4) is 0 Å². The van der Waals surface area contributed by atoms with Gasteiger partial charge in [-0.1, -0.05) is 17.3 Å². The molecule has 0 fully saturated rings. The molecule has 2 aromatic rings. The second-order valence-corrected chi connectivity index (χ2v) is 3.38. The lowest BCUT2D eigenvalue weighted by Crippen LogP contribution is -2.01. The Balaban J connectivity index is 2.02. The van der Waals surface area contributed by atoms with E-state index < -0.39 is 0 Å². The summed E-state index contributed by atoms with van der Waals surface area (Å²) in [6, 6.07) is 9.52. The first-order valence-corrected chi connectivity index (χ1v) is 4.76. The standard InChI is InChI=1S/C11H13N3O/c1-8-6-9(15-14-8)7-13-11-5-3-2-4-10(11)12/h2-6,13H,7,12H2,1H3. The summed E-state index contributed by atoms with van der Waals surface area (Å²) in [7, 11) is 0. The third kappa shape index (κ3) is 2.28. The van der Waals surface area contributed by atoms with E-state index >= 15 is 0 Å². The molecule has 0 amide bonds. The molecule has 4 heteroatoms. The van der Waals surface area contributed by atoms with Crippen molar-refractivity contribution in [3.63, 3.8) is 0 Å². The number of aromatic nitrogens is 1. The monoisotopic (exact) mass is 203 g/mol. The maximum Gasteiger partial charge on any atom is 0.156 e. The van der Waals surface area contributed by atoms with E-state index in [-0.39, 0.29) is 0 Å². The third-order valence-electron chi connectivity index (χ3n) is 2.09. The van der Waals surface area contributed by atoms with E-state index in [4.69, 9.17) is 10.3 Å². The minimum Gasteiger partial charge on any atom is -0.397 e. The summed E-state index contributed by atoms with van der Waals surface area (Å²) in [5.41, 5.74) is 8.30. The minimum absolute atomic E-state index is 0.592. The van der Waals surface area contributed by atoms with Crippen molar-refractivity contribution >= 4 is 11.4 Å². The van der Waals surface area contributed by atoms with Gasteiger partial charge in [-0.2, -0.15) is 0 Å². The Hall–Kier alpha value is -1.97. The molecule has 2 rings (SSSR count). The highest BCUT2D eigenvalue weighted by atomic mass is 16.5. The number of para-hydroxylation sites is 2. The van der Waals surface area contributed by atoms with Crippen molar-refractivity contribution in [1.82, 2.24) is 5.16 Å². The lowest BCUT2D eigenvalue weighted by atomic mass is 10.2. The number of nitrogen functional groups attached to an aromatic ring is 1. The average molecular weight is 203 g/mol. The molecule has 0 saturated heterocycles. The van der Waals surface area contributed by atoms with Gasteiger partial charge in [0.1, 0.15) is 0 Å². The number of rotatable bonds is 3. The molecule has 0 saturated carbocycles. The lowest BCUT2D eigenvalue weighted by Gasteiger charge is -2.06. The van der Waals surface area contributed by atoms with Gasteiger partial charge in [-0.05, 0) is 19.1 Å². The van der Waals surface area contributed by atoms with Crippen LogP contribution < -0.4 is 11.1 Å². The second kappa shape index (κ2) is 4.04. The fraction of sp³-hybridized carbons (Fsp3) is 0.182. The van der Waals surface area contributed by atoms with Gasteiger partial charge >= 0.3 is 0 Å². The molecule has 1 aromatic heterocycles. The molecule has 0 radical (unpaired) electrons. The van der Waals surface area contributed by atoms with Crippen molar-refractivity contribution < 1.29 is 4.52 Å². The summed E-state index contributed by atoms with van der Waals surface area (Å²) in [5.74, 6) is 0.802. The van der Waals surface area contributed by atoms with Crippen LogP contribution in [-0.2, 0) is 6.54 Å². The van der Waals surface area contributed by atoms with Crippen LogP contribution in [0.5, 0.6) is 0 Å². The van der Waals surface area contributed by atoms with Gasteiger partial charge in [0.05, 0.1) is 23.6 Å². The van der Waals surface area contributed by atoms with E-state index in [9.17, 15) is 0 Å². The predicted molar refractivity (Wildman–Crippen MR) is 59.4 cm³/mol. The number of benzene rings is 1. The van der Waals surface area contributed by atoms with Crippen LogP contribution in [-0.4, -0.2) is 5.16 Å². The third-order valence-corrected chi connectivity index (χ3v) is 2.09. The summed E-state index contributed by atoms with van der Waals surface area (Å²) in [4.78, 5) is 0. The fourth-order valence-electron chi connectivity index (χ4n) is 1.34. The van der Waals surface area contributed by atoms with E-state index in [1.807, 2.05) is 37.3 Å². The topological polar surface area (TPSA) is 64.1 Å². The van der Waals surface area contributed by atoms with Crippen molar-refractivity contribution in [2.75, 3.05) is 11.1 Å². The molecule has 4 nitrogen and oxygen atoms in total. The number of nitrogens with one attached hydrogen (secondary N) is 1. The van der Waals surface area contributed by atoms with E-state index in [0.29, 0.717) is 6.54 Å². The molecule has 0 spiro atoms. The number of hydrogen-bond acceptors (Lipinski definition) is 4. The molecule has 3 N–H and O–H groups in total. The number of anilines is 2. The number of nitrogens with zero attached hydrogens (tertiary/aromatic N) is 1. The Kier molecular flexibility index (Phi) is 2.58. The smallest absolute Gasteiger partial charge is 0.156 e. The van der Waals surface area contributed by atoms with Crippen molar-refractivity contribution in [3.05, 3.63) is 41.8 Å². The predicted octanol–water partition coefficient (Wildman–Crippen LogP) is 2.18. The van der Waals surface area contributed by atoms with E-state index in [1.165, 1.54) is 0 Å². The van der Waals surface area contributed by atoms with Gasteiger partial charge < -0.3 is 15.6 Å². The largest absolute Gasteiger partial charge is 0.397 e. The Morgan fingerprint density at radius 3 is 2.87 bits per heavy atom. The first kappa shape index (κ1) is 9.58. The Labute approximate surface area is 88.1 Å². The molecule has 0 unspecified atom stereocenters. The molecule has 0 bridgehead atoms.